The van der Waals surface area contributed by atoms with Gasteiger partial charge in [-0.3, -0.25) is 9.69 Å². The lowest BCUT2D eigenvalue weighted by atomic mass is 10.0. The van der Waals surface area contributed by atoms with Gasteiger partial charge in [-0.15, -0.1) is 11.3 Å². The number of amides is 1. The summed E-state index contributed by atoms with van der Waals surface area (Å²) in [5.74, 6) is 1.11. The fourth-order valence-corrected chi connectivity index (χ4v) is 11.1. The molecule has 5 heterocycles. The Morgan fingerprint density at radius 1 is 0.761 bits per heavy atom. The Hall–Kier alpha value is -5.86. The number of thiophene rings is 1. The molecule has 4 aromatic heterocycles. The van der Waals surface area contributed by atoms with Crippen molar-refractivity contribution in [3.05, 3.63) is 124 Å². The minimum atomic E-state index is -0.472. The van der Waals surface area contributed by atoms with Crippen molar-refractivity contribution in [1.29, 1.82) is 0 Å². The summed E-state index contributed by atoms with van der Waals surface area (Å²) in [5, 5.41) is 15.7. The number of benzene rings is 4. The highest BCUT2D eigenvalue weighted by molar-refractivity contribution is 7.13. The fraction of sp³-hybridized carbons (Fsp3) is 0.431. The number of carbonyl (C=O) groups excluding carboxylic acids is 1. The Bertz CT molecular complexity index is 3030. The molecule has 1 amide bonds. The van der Waals surface area contributed by atoms with Crippen LogP contribution in [-0.2, 0) is 42.0 Å². The number of nitrogens with one attached hydrogen (secondary N) is 2. The molecular weight excluding hydrogens is 910 g/mol. The summed E-state index contributed by atoms with van der Waals surface area (Å²) in [6.45, 7) is 16.5. The van der Waals surface area contributed by atoms with E-state index in [1.807, 2.05) is 31.3 Å². The number of ether oxygens (including phenoxy) is 2. The molecular formula is C58H70FN7O4S. The molecule has 0 aliphatic carbocycles. The van der Waals surface area contributed by atoms with E-state index in [-0.39, 0.29) is 18.3 Å². The third kappa shape index (κ3) is 12.4. The van der Waals surface area contributed by atoms with Gasteiger partial charge in [-0.1, -0.05) is 74.0 Å². The molecule has 0 unspecified atom stereocenters. The van der Waals surface area contributed by atoms with Gasteiger partial charge in [-0.25, -0.2) is 9.37 Å². The zero-order valence-electron chi connectivity index (χ0n) is 42.1. The van der Waals surface area contributed by atoms with Crippen LogP contribution in [0.4, 0.5) is 4.39 Å². The standard InChI is InChI=1S/C58H70FN7O4S/c1-5-65-51-20-14-44(33-48(51)47-19-17-45(36-53(47)65)55-32-40(2)39-71-55)37-60-24-12-10-8-6-7-9-11-13-25-61-57(67)38-69-54-22-15-43(34-49(54)59)16-23-56-62-50-35-46(58-41(3)63-70-42(58)4)18-21-52(50)66(56)27-26-64-28-30-68-31-29-64/h14-15,17-22,32-36,39,60H,5-13,16,23-31,37-38H2,1-4H3,(H,61,67). The first-order valence-corrected chi connectivity index (χ1v) is 26.8. The van der Waals surface area contributed by atoms with Crippen molar-refractivity contribution >= 4 is 50.1 Å². The molecule has 1 saturated heterocycles. The Morgan fingerprint density at radius 2 is 1.52 bits per heavy atom. The Labute approximate surface area is 421 Å². The molecule has 0 saturated carbocycles. The van der Waals surface area contributed by atoms with E-state index in [1.165, 1.54) is 81.5 Å². The molecule has 1 aliphatic rings. The average molecular weight is 980 g/mol. The van der Waals surface area contributed by atoms with Crippen LogP contribution in [0.15, 0.2) is 88.8 Å². The van der Waals surface area contributed by atoms with E-state index < -0.39 is 5.82 Å². The van der Waals surface area contributed by atoms with Crippen LogP contribution >= 0.6 is 11.3 Å². The van der Waals surface area contributed by atoms with Gasteiger partial charge in [0.15, 0.2) is 18.2 Å². The predicted molar refractivity (Wildman–Crippen MR) is 286 cm³/mol. The number of hydrogen-bond acceptors (Lipinski definition) is 9. The molecule has 2 N–H and O–H groups in total. The third-order valence-corrected chi connectivity index (χ3v) is 15.2. The van der Waals surface area contributed by atoms with Crippen LogP contribution in [0.25, 0.3) is 54.4 Å². The van der Waals surface area contributed by atoms with Crippen molar-refractivity contribution < 1.29 is 23.2 Å². The maximum atomic E-state index is 15.3. The van der Waals surface area contributed by atoms with Crippen LogP contribution in [0.1, 0.15) is 92.3 Å². The summed E-state index contributed by atoms with van der Waals surface area (Å²) < 4.78 is 36.7. The van der Waals surface area contributed by atoms with E-state index in [0.717, 1.165) is 123 Å². The number of carbonyl (C=O) groups is 1. The highest BCUT2D eigenvalue weighted by Crippen LogP contribution is 2.36. The lowest BCUT2D eigenvalue weighted by molar-refractivity contribution is -0.123. The summed E-state index contributed by atoms with van der Waals surface area (Å²) in [6.07, 6.45) is 10.5. The minimum absolute atomic E-state index is 0.0808. The number of imidazole rings is 1. The van der Waals surface area contributed by atoms with Gasteiger partial charge >= 0.3 is 0 Å². The molecule has 0 radical (unpaired) electrons. The highest BCUT2D eigenvalue weighted by Gasteiger charge is 2.19. The number of unbranched alkanes of at least 4 members (excludes halogenated alkanes) is 7. The van der Waals surface area contributed by atoms with Gasteiger partial charge < -0.3 is 33.8 Å². The number of hydrogen-bond donors (Lipinski definition) is 2. The molecule has 374 valence electrons. The van der Waals surface area contributed by atoms with Gasteiger partial charge in [0.25, 0.3) is 5.91 Å². The van der Waals surface area contributed by atoms with E-state index in [0.29, 0.717) is 19.4 Å². The minimum Gasteiger partial charge on any atom is -0.481 e. The van der Waals surface area contributed by atoms with Crippen molar-refractivity contribution in [2.24, 2.45) is 0 Å². The van der Waals surface area contributed by atoms with Crippen LogP contribution in [0.3, 0.4) is 0 Å². The molecule has 11 nitrogen and oxygen atoms in total. The topological polar surface area (TPSA) is 112 Å². The van der Waals surface area contributed by atoms with E-state index in [2.05, 4.69) is 110 Å². The number of rotatable bonds is 25. The number of aryl methyl sites for hydroxylation is 6. The number of aromatic nitrogens is 4. The second-order valence-electron chi connectivity index (χ2n) is 19.3. The molecule has 0 spiro atoms. The first kappa shape index (κ1) is 50.1. The van der Waals surface area contributed by atoms with E-state index in [4.69, 9.17) is 19.0 Å². The predicted octanol–water partition coefficient (Wildman–Crippen LogP) is 12.1. The van der Waals surface area contributed by atoms with Gasteiger partial charge in [0.05, 0.1) is 29.9 Å². The maximum Gasteiger partial charge on any atom is 0.257 e. The van der Waals surface area contributed by atoms with Crippen molar-refractivity contribution in [1.82, 2.24) is 34.8 Å². The number of fused-ring (bicyclic) bond motifs is 4. The molecule has 0 atom stereocenters. The molecule has 9 rings (SSSR count). The van der Waals surface area contributed by atoms with Gasteiger partial charge in [0.1, 0.15) is 11.6 Å². The lowest BCUT2D eigenvalue weighted by Crippen LogP contribution is -2.38. The van der Waals surface area contributed by atoms with Crippen molar-refractivity contribution in [2.75, 3.05) is 52.5 Å². The quantitative estimate of drug-likeness (QED) is 0.0545. The molecule has 0 bridgehead atoms. The second-order valence-corrected chi connectivity index (χ2v) is 20.2. The van der Waals surface area contributed by atoms with Gasteiger partial charge in [-0.05, 0) is 135 Å². The largest absolute Gasteiger partial charge is 0.481 e. The molecule has 1 aliphatic heterocycles. The molecule has 8 aromatic rings. The van der Waals surface area contributed by atoms with Crippen LogP contribution in [0, 0.1) is 26.6 Å². The zero-order chi connectivity index (χ0) is 49.1. The van der Waals surface area contributed by atoms with Crippen molar-refractivity contribution in [2.45, 2.75) is 112 Å². The van der Waals surface area contributed by atoms with Gasteiger partial charge in [-0.2, -0.15) is 0 Å². The first-order valence-electron chi connectivity index (χ1n) is 25.9. The Morgan fingerprint density at radius 3 is 2.27 bits per heavy atom. The summed E-state index contributed by atoms with van der Waals surface area (Å²) >= 11 is 1.82. The fourth-order valence-electron chi connectivity index (χ4n) is 10.2. The summed E-state index contributed by atoms with van der Waals surface area (Å²) in [4.78, 5) is 21.4. The highest BCUT2D eigenvalue weighted by atomic mass is 32.1. The van der Waals surface area contributed by atoms with Crippen LogP contribution < -0.4 is 15.4 Å². The molecule has 4 aromatic carbocycles. The van der Waals surface area contributed by atoms with Gasteiger partial charge in [0.2, 0.25) is 0 Å². The van der Waals surface area contributed by atoms with E-state index in [1.54, 1.807) is 6.07 Å². The average Bonchev–Trinajstić information content (AvgIpc) is 4.15. The van der Waals surface area contributed by atoms with Crippen LogP contribution in [0.2, 0.25) is 0 Å². The zero-order valence-corrected chi connectivity index (χ0v) is 42.9. The molecule has 1 fully saturated rings. The summed E-state index contributed by atoms with van der Waals surface area (Å²) in [7, 11) is 0. The Balaban J connectivity index is 0.641. The lowest BCUT2D eigenvalue weighted by Gasteiger charge is -2.27. The molecule has 13 heteroatoms. The number of nitrogens with zero attached hydrogens (tertiary/aromatic N) is 5. The van der Waals surface area contributed by atoms with Crippen molar-refractivity contribution in [3.63, 3.8) is 0 Å². The molecule has 71 heavy (non-hydrogen) atoms. The third-order valence-electron chi connectivity index (χ3n) is 14.1. The smallest absolute Gasteiger partial charge is 0.257 e. The van der Waals surface area contributed by atoms with Crippen molar-refractivity contribution in [3.8, 4) is 27.3 Å². The van der Waals surface area contributed by atoms with E-state index >= 15 is 4.39 Å². The normalized spacial score (nSPS) is 13.3. The maximum absolute atomic E-state index is 15.3. The Kier molecular flexibility index (Phi) is 17.0. The number of halogens is 1. The van der Waals surface area contributed by atoms with Gasteiger partial charge in [0, 0.05) is 84.5 Å². The number of morpholine rings is 1. The van der Waals surface area contributed by atoms with E-state index in [9.17, 15) is 4.79 Å². The first-order chi connectivity index (χ1) is 34.7. The van der Waals surface area contributed by atoms with Crippen LogP contribution in [-0.4, -0.2) is 82.6 Å². The SMILES string of the molecule is CCn1c2ccc(CNCCCCCCCCCCNC(=O)COc3ccc(CCc4nc5cc(-c6c(C)noc6C)ccc5n4CCN4CCOCC4)cc3F)cc2c2ccc(-c3cc(C)cs3)cc21. The summed E-state index contributed by atoms with van der Waals surface area (Å²) in [6, 6.07) is 27.5. The summed E-state index contributed by atoms with van der Waals surface area (Å²) in [5.41, 5.74) is 12.3. The monoisotopic (exact) mass is 980 g/mol. The second kappa shape index (κ2) is 24.0. The van der Waals surface area contributed by atoms with Crippen LogP contribution in [0.5, 0.6) is 5.75 Å².